The lowest BCUT2D eigenvalue weighted by Gasteiger charge is -2.35. The van der Waals surface area contributed by atoms with Gasteiger partial charge in [0.2, 0.25) is 12.1 Å². The molecule has 234 valence electrons. The molecule has 13 nitrogen and oxygen atoms in total. The normalized spacial score (nSPS) is 22.3. The first-order valence-electron chi connectivity index (χ1n) is 13.9. The largest absolute Gasteiger partial charge is 0.456 e. The van der Waals surface area contributed by atoms with Gasteiger partial charge in [-0.25, -0.2) is 23.8 Å². The maximum Gasteiger partial charge on any atom is 0.338 e. The van der Waals surface area contributed by atoms with E-state index in [4.69, 9.17) is 24.7 Å². The van der Waals surface area contributed by atoms with Gasteiger partial charge in [0.25, 0.3) is 11.4 Å². The van der Waals surface area contributed by atoms with Crippen LogP contribution in [0.1, 0.15) is 44.2 Å². The number of esters is 3. The molecule has 1 saturated heterocycles. The number of ether oxygens (including phenoxy) is 4. The van der Waals surface area contributed by atoms with Crippen LogP contribution in [0.3, 0.4) is 0 Å². The standard InChI is InChI=1S/C32H26FN5O8/c1-31(45-27(42)21-15-9-4-10-16-21)28(44-26(41)20-13-7-3-8-14-20)32(33,17-43-25(40)19-11-5-2-6-12-19)46-29(31)38-18-35-22-23(38)36-30(34)37-24(22)39/h2-16,18,28-29H,17H2,1H3,(H3,34,36,37,39)/t28-,29+,31+,32-/m0/s1. The monoisotopic (exact) mass is 627 g/mol. The van der Waals surface area contributed by atoms with Gasteiger partial charge in [0.15, 0.2) is 29.6 Å². The van der Waals surface area contributed by atoms with Gasteiger partial charge in [-0.05, 0) is 43.3 Å². The molecule has 5 aromatic rings. The van der Waals surface area contributed by atoms with Crippen LogP contribution in [0.5, 0.6) is 0 Å². The van der Waals surface area contributed by atoms with Crippen LogP contribution in [0.4, 0.5) is 10.3 Å². The summed E-state index contributed by atoms with van der Waals surface area (Å²) in [6.07, 6.45) is -2.62. The van der Waals surface area contributed by atoms with Crippen LogP contribution in [0.15, 0.2) is 102 Å². The Kier molecular flexibility index (Phi) is 7.79. The van der Waals surface area contributed by atoms with Crippen LogP contribution in [0.25, 0.3) is 11.2 Å². The Morgan fingerprint density at radius 1 is 0.913 bits per heavy atom. The van der Waals surface area contributed by atoms with Crippen LogP contribution in [-0.4, -0.2) is 61.6 Å². The van der Waals surface area contributed by atoms with E-state index in [0.717, 1.165) is 10.9 Å². The summed E-state index contributed by atoms with van der Waals surface area (Å²) in [6, 6.07) is 23.4. The minimum Gasteiger partial charge on any atom is -0.456 e. The zero-order chi connectivity index (χ0) is 32.5. The van der Waals surface area contributed by atoms with Gasteiger partial charge < -0.3 is 24.7 Å². The second-order valence-corrected chi connectivity index (χ2v) is 10.6. The van der Waals surface area contributed by atoms with Gasteiger partial charge in [-0.1, -0.05) is 54.6 Å². The van der Waals surface area contributed by atoms with Gasteiger partial charge in [-0.3, -0.25) is 14.3 Å². The smallest absolute Gasteiger partial charge is 0.338 e. The molecule has 0 unspecified atom stereocenters. The Morgan fingerprint density at radius 3 is 2.04 bits per heavy atom. The molecule has 0 radical (unpaired) electrons. The Balaban J connectivity index is 1.47. The van der Waals surface area contributed by atoms with Crippen molar-refractivity contribution in [1.82, 2.24) is 19.5 Å². The number of aromatic nitrogens is 4. The first-order chi connectivity index (χ1) is 22.1. The van der Waals surface area contributed by atoms with Crippen molar-refractivity contribution in [1.29, 1.82) is 0 Å². The van der Waals surface area contributed by atoms with Crippen molar-refractivity contribution in [3.05, 3.63) is 124 Å². The molecule has 0 spiro atoms. The molecule has 46 heavy (non-hydrogen) atoms. The van der Waals surface area contributed by atoms with Crippen molar-refractivity contribution in [3.8, 4) is 0 Å². The fraction of sp³-hybridized carbons (Fsp3) is 0.188. The van der Waals surface area contributed by atoms with Crippen molar-refractivity contribution in [2.45, 2.75) is 30.7 Å². The number of H-pyrrole nitrogens is 1. The molecule has 6 rings (SSSR count). The number of anilines is 1. The molecule has 0 amide bonds. The fourth-order valence-electron chi connectivity index (χ4n) is 5.19. The number of imidazole rings is 1. The molecule has 1 aliphatic heterocycles. The van der Waals surface area contributed by atoms with E-state index in [2.05, 4.69) is 15.0 Å². The number of hydrogen-bond acceptors (Lipinski definition) is 11. The molecule has 3 aromatic carbocycles. The summed E-state index contributed by atoms with van der Waals surface area (Å²) in [4.78, 5) is 62.9. The number of carbonyl (C=O) groups excluding carboxylic acids is 3. The third-order valence-electron chi connectivity index (χ3n) is 7.38. The van der Waals surface area contributed by atoms with Crippen LogP contribution in [0.2, 0.25) is 0 Å². The predicted octanol–water partition coefficient (Wildman–Crippen LogP) is 3.59. The van der Waals surface area contributed by atoms with Crippen molar-refractivity contribution in [2.24, 2.45) is 0 Å². The maximum absolute atomic E-state index is 17.4. The molecule has 0 aliphatic carbocycles. The number of nitrogens with two attached hydrogens (primary N) is 1. The number of nitrogens with zero attached hydrogens (tertiary/aromatic N) is 3. The summed E-state index contributed by atoms with van der Waals surface area (Å²) in [5.41, 5.74) is 2.84. The number of rotatable bonds is 8. The highest BCUT2D eigenvalue weighted by atomic mass is 19.2. The highest BCUT2D eigenvalue weighted by Gasteiger charge is 2.69. The number of alkyl halides is 1. The van der Waals surface area contributed by atoms with Gasteiger partial charge in [0, 0.05) is 0 Å². The molecular formula is C32H26FN5O8. The summed E-state index contributed by atoms with van der Waals surface area (Å²) < 4.78 is 41.4. The number of nitrogen functional groups attached to an aromatic ring is 1. The van der Waals surface area contributed by atoms with E-state index in [1.807, 2.05) is 0 Å². The first kappa shape index (κ1) is 30.1. The molecule has 0 bridgehead atoms. The number of benzene rings is 3. The summed E-state index contributed by atoms with van der Waals surface area (Å²) in [5.74, 6) is -6.19. The van der Waals surface area contributed by atoms with E-state index in [9.17, 15) is 19.2 Å². The van der Waals surface area contributed by atoms with E-state index >= 15 is 4.39 Å². The third kappa shape index (κ3) is 5.57. The lowest BCUT2D eigenvalue weighted by Crippen LogP contribution is -2.54. The molecule has 1 aliphatic rings. The average molecular weight is 628 g/mol. The van der Waals surface area contributed by atoms with Gasteiger partial charge in [-0.15, -0.1) is 0 Å². The summed E-state index contributed by atoms with van der Waals surface area (Å²) >= 11 is 0. The molecule has 0 saturated carbocycles. The van der Waals surface area contributed by atoms with Crippen molar-refractivity contribution < 1.29 is 37.7 Å². The number of aromatic amines is 1. The predicted molar refractivity (Wildman–Crippen MR) is 159 cm³/mol. The zero-order valence-corrected chi connectivity index (χ0v) is 24.2. The molecule has 1 fully saturated rings. The number of fused-ring (bicyclic) bond motifs is 1. The molecule has 3 N–H and O–H groups in total. The second kappa shape index (κ2) is 11.9. The lowest BCUT2D eigenvalue weighted by atomic mass is 9.94. The van der Waals surface area contributed by atoms with Crippen LogP contribution < -0.4 is 11.3 Å². The van der Waals surface area contributed by atoms with Crippen molar-refractivity contribution >= 4 is 35.0 Å². The Bertz CT molecular complexity index is 1970. The highest BCUT2D eigenvalue weighted by molar-refractivity contribution is 5.91. The van der Waals surface area contributed by atoms with E-state index in [0.29, 0.717) is 0 Å². The van der Waals surface area contributed by atoms with E-state index in [1.54, 1.807) is 54.6 Å². The molecule has 4 atom stereocenters. The van der Waals surface area contributed by atoms with E-state index in [-0.39, 0.29) is 33.8 Å². The zero-order valence-electron chi connectivity index (χ0n) is 24.2. The summed E-state index contributed by atoms with van der Waals surface area (Å²) in [5, 5.41) is 0. The molecule has 14 heteroatoms. The second-order valence-electron chi connectivity index (χ2n) is 10.6. The lowest BCUT2D eigenvalue weighted by molar-refractivity contribution is -0.207. The molecule has 3 heterocycles. The minimum absolute atomic E-state index is 0.0559. The summed E-state index contributed by atoms with van der Waals surface area (Å²) in [7, 11) is 0. The van der Waals surface area contributed by atoms with Crippen molar-refractivity contribution in [2.75, 3.05) is 12.3 Å². The number of nitrogens with one attached hydrogen (secondary N) is 1. The van der Waals surface area contributed by atoms with Gasteiger partial charge in [0.1, 0.15) is 0 Å². The summed E-state index contributed by atoms with van der Waals surface area (Å²) in [6.45, 7) is 0.190. The maximum atomic E-state index is 17.4. The Labute approximate surface area is 259 Å². The molecular weight excluding hydrogens is 601 g/mol. The number of hydrogen-bond donors (Lipinski definition) is 2. The van der Waals surface area contributed by atoms with Crippen LogP contribution in [-0.2, 0) is 18.9 Å². The first-order valence-corrected chi connectivity index (χ1v) is 13.9. The topological polar surface area (TPSA) is 178 Å². The number of halogens is 1. The van der Waals surface area contributed by atoms with Gasteiger partial charge in [-0.2, -0.15) is 4.98 Å². The third-order valence-corrected chi connectivity index (χ3v) is 7.38. The quantitative estimate of drug-likeness (QED) is 0.190. The van der Waals surface area contributed by atoms with Crippen LogP contribution >= 0.6 is 0 Å². The SMILES string of the molecule is C[C@]1(OC(=O)c2ccccc2)[C@H](n2cnc3c(=O)[nH]c(N)nc32)O[C@@](F)(COC(=O)c2ccccc2)[C@H]1OC(=O)c1ccccc1. The fourth-order valence-corrected chi connectivity index (χ4v) is 5.19. The van der Waals surface area contributed by atoms with Crippen molar-refractivity contribution in [3.63, 3.8) is 0 Å². The molecule has 2 aromatic heterocycles. The van der Waals surface area contributed by atoms with E-state index in [1.165, 1.54) is 43.3 Å². The number of carbonyl (C=O) groups is 3. The Morgan fingerprint density at radius 2 is 1.46 bits per heavy atom. The van der Waals surface area contributed by atoms with Gasteiger partial charge in [0.05, 0.1) is 23.0 Å². The van der Waals surface area contributed by atoms with E-state index < -0.39 is 53.9 Å². The van der Waals surface area contributed by atoms with Crippen LogP contribution in [0, 0.1) is 0 Å². The van der Waals surface area contributed by atoms with Gasteiger partial charge >= 0.3 is 17.9 Å². The highest BCUT2D eigenvalue weighted by Crippen LogP contribution is 2.50. The minimum atomic E-state index is -3.12. The average Bonchev–Trinajstić information content (AvgIpc) is 3.57. The Hall–Kier alpha value is -5.89.